The van der Waals surface area contributed by atoms with Gasteiger partial charge in [-0.2, -0.15) is 0 Å². The highest BCUT2D eigenvalue weighted by Gasteiger charge is 2.32. The van der Waals surface area contributed by atoms with E-state index in [1.807, 2.05) is 13.0 Å². The van der Waals surface area contributed by atoms with E-state index in [-0.39, 0.29) is 35.6 Å². The third-order valence-electron chi connectivity index (χ3n) is 5.78. The molecule has 1 saturated heterocycles. The van der Waals surface area contributed by atoms with Crippen LogP contribution in [0.15, 0.2) is 41.3 Å². The zero-order valence-electron chi connectivity index (χ0n) is 17.5. The Balaban J connectivity index is 1.89. The Labute approximate surface area is 181 Å². The van der Waals surface area contributed by atoms with Gasteiger partial charge >= 0.3 is 0 Å². The van der Waals surface area contributed by atoms with Crippen molar-refractivity contribution in [1.29, 1.82) is 0 Å². The van der Waals surface area contributed by atoms with Crippen LogP contribution in [-0.4, -0.2) is 49.9 Å². The van der Waals surface area contributed by atoms with Gasteiger partial charge in [0.05, 0.1) is 15.5 Å². The lowest BCUT2D eigenvalue weighted by Gasteiger charge is -2.22. The van der Waals surface area contributed by atoms with Crippen LogP contribution in [0.25, 0.3) is 0 Å². The molecule has 0 radical (unpaired) electrons. The van der Waals surface area contributed by atoms with Crippen LogP contribution < -0.4 is 9.62 Å². The van der Waals surface area contributed by atoms with Crippen molar-refractivity contribution in [3.8, 4) is 0 Å². The normalized spacial score (nSPS) is 16.7. The number of hydrogen-bond acceptors (Lipinski definition) is 7. The maximum atomic E-state index is 12.9. The molecular weight excluding hydrogens is 422 g/mol. The van der Waals surface area contributed by atoms with Crippen LogP contribution in [0.2, 0.25) is 0 Å². The topological polar surface area (TPSA) is 133 Å². The standard InChI is InChI=1S/C21H27N3O6S/c1-14-3-5-19(15(2)9-14)22-31(29,30)18-4-6-20(21(10-18)24(27)28)23-8-7-16(11-23)17(12-25)13-26/h3-6,9-10,16-17,22,25-26H,7-8,11-13H2,1-2H3/t16-/m1/s1. The van der Waals surface area contributed by atoms with Gasteiger partial charge in [0.1, 0.15) is 5.69 Å². The molecule has 0 saturated carbocycles. The van der Waals surface area contributed by atoms with E-state index in [0.29, 0.717) is 30.9 Å². The lowest BCUT2D eigenvalue weighted by Crippen LogP contribution is -2.27. The van der Waals surface area contributed by atoms with Crippen LogP contribution in [0.4, 0.5) is 17.1 Å². The molecule has 0 spiro atoms. The summed E-state index contributed by atoms with van der Waals surface area (Å²) >= 11 is 0. The van der Waals surface area contributed by atoms with Gasteiger partial charge in [-0.25, -0.2) is 8.42 Å². The smallest absolute Gasteiger partial charge is 0.293 e. The Kier molecular flexibility index (Phi) is 6.83. The van der Waals surface area contributed by atoms with Crippen LogP contribution in [0.1, 0.15) is 17.5 Å². The van der Waals surface area contributed by atoms with E-state index >= 15 is 0 Å². The Hall–Kier alpha value is -2.69. The summed E-state index contributed by atoms with van der Waals surface area (Å²) in [5, 5.41) is 30.5. The minimum absolute atomic E-state index is 0.00388. The number of nitro groups is 1. The van der Waals surface area contributed by atoms with Crippen LogP contribution in [-0.2, 0) is 10.0 Å². The molecule has 0 unspecified atom stereocenters. The highest BCUT2D eigenvalue weighted by molar-refractivity contribution is 7.92. The molecule has 1 atom stereocenters. The maximum Gasteiger partial charge on any atom is 0.293 e. The van der Waals surface area contributed by atoms with Gasteiger partial charge in [-0.3, -0.25) is 14.8 Å². The monoisotopic (exact) mass is 449 g/mol. The van der Waals surface area contributed by atoms with Gasteiger partial charge in [0.25, 0.3) is 15.7 Å². The summed E-state index contributed by atoms with van der Waals surface area (Å²) in [5.74, 6) is -0.283. The first-order valence-electron chi connectivity index (χ1n) is 10.0. The number of aryl methyl sites for hydroxylation is 2. The average Bonchev–Trinajstić information content (AvgIpc) is 3.20. The summed E-state index contributed by atoms with van der Waals surface area (Å²) in [6.45, 7) is 4.34. The molecule has 0 bridgehead atoms. The third kappa shape index (κ3) is 4.97. The van der Waals surface area contributed by atoms with Crippen molar-refractivity contribution in [1.82, 2.24) is 0 Å². The molecule has 168 valence electrons. The number of nitro benzene ring substituents is 1. The fourth-order valence-corrected chi connectivity index (χ4v) is 5.11. The highest BCUT2D eigenvalue weighted by atomic mass is 32.2. The molecular formula is C21H27N3O6S. The molecule has 1 heterocycles. The zero-order valence-corrected chi connectivity index (χ0v) is 18.3. The summed E-state index contributed by atoms with van der Waals surface area (Å²) in [4.78, 5) is 12.7. The Morgan fingerprint density at radius 3 is 2.52 bits per heavy atom. The van der Waals surface area contributed by atoms with E-state index in [1.54, 1.807) is 24.0 Å². The van der Waals surface area contributed by atoms with E-state index in [1.165, 1.54) is 12.1 Å². The molecule has 0 aromatic heterocycles. The molecule has 2 aromatic rings. The Bertz CT molecular complexity index is 1070. The molecule has 3 rings (SSSR count). The largest absolute Gasteiger partial charge is 0.396 e. The molecule has 0 amide bonds. The van der Waals surface area contributed by atoms with Crippen molar-refractivity contribution in [3.05, 3.63) is 57.6 Å². The van der Waals surface area contributed by atoms with Crippen LogP contribution >= 0.6 is 0 Å². The second kappa shape index (κ2) is 9.21. The minimum atomic E-state index is -4.02. The summed E-state index contributed by atoms with van der Waals surface area (Å²) < 4.78 is 28.2. The molecule has 1 fully saturated rings. The lowest BCUT2D eigenvalue weighted by atomic mass is 9.93. The summed E-state index contributed by atoms with van der Waals surface area (Å²) in [6, 6.07) is 9.17. The van der Waals surface area contributed by atoms with Crippen molar-refractivity contribution < 1.29 is 23.6 Å². The average molecular weight is 450 g/mol. The van der Waals surface area contributed by atoms with Gasteiger partial charge in [-0.15, -0.1) is 0 Å². The second-order valence-electron chi connectivity index (χ2n) is 7.95. The van der Waals surface area contributed by atoms with Crippen molar-refractivity contribution >= 4 is 27.1 Å². The first-order chi connectivity index (χ1) is 14.7. The van der Waals surface area contributed by atoms with E-state index in [2.05, 4.69) is 4.72 Å². The van der Waals surface area contributed by atoms with Crippen LogP contribution in [0.5, 0.6) is 0 Å². The number of benzene rings is 2. The molecule has 3 N–H and O–H groups in total. The zero-order chi connectivity index (χ0) is 22.8. The SMILES string of the molecule is Cc1ccc(NS(=O)(=O)c2ccc(N3CC[C@@H](C(CO)CO)C3)c([N+](=O)[O-])c2)c(C)c1. The quantitative estimate of drug-likeness (QED) is 0.416. The van der Waals surface area contributed by atoms with Gasteiger partial charge in [0, 0.05) is 38.3 Å². The number of nitrogens with one attached hydrogen (secondary N) is 1. The van der Waals surface area contributed by atoms with Gasteiger partial charge in [-0.1, -0.05) is 17.7 Å². The highest BCUT2D eigenvalue weighted by Crippen LogP contribution is 2.36. The van der Waals surface area contributed by atoms with Gasteiger partial charge < -0.3 is 15.1 Å². The van der Waals surface area contributed by atoms with E-state index in [4.69, 9.17) is 0 Å². The minimum Gasteiger partial charge on any atom is -0.396 e. The van der Waals surface area contributed by atoms with E-state index in [0.717, 1.165) is 17.2 Å². The first-order valence-corrected chi connectivity index (χ1v) is 11.5. The van der Waals surface area contributed by atoms with E-state index in [9.17, 15) is 28.7 Å². The van der Waals surface area contributed by atoms with Gasteiger partial charge in [-0.05, 0) is 49.9 Å². The molecule has 1 aliphatic rings. The predicted octanol–water partition coefficient (Wildman–Crippen LogP) is 2.44. The Morgan fingerprint density at radius 1 is 1.19 bits per heavy atom. The van der Waals surface area contributed by atoms with Crippen molar-refractivity contribution in [2.45, 2.75) is 25.2 Å². The second-order valence-corrected chi connectivity index (χ2v) is 9.63. The number of rotatable bonds is 8. The lowest BCUT2D eigenvalue weighted by molar-refractivity contribution is -0.384. The van der Waals surface area contributed by atoms with E-state index < -0.39 is 14.9 Å². The van der Waals surface area contributed by atoms with Crippen molar-refractivity contribution in [2.24, 2.45) is 11.8 Å². The molecule has 2 aromatic carbocycles. The first kappa shape index (κ1) is 23.0. The molecule has 0 aliphatic carbocycles. The Morgan fingerprint density at radius 2 is 1.90 bits per heavy atom. The number of aliphatic hydroxyl groups is 2. The number of aliphatic hydroxyl groups excluding tert-OH is 2. The van der Waals surface area contributed by atoms with Gasteiger partial charge in [0.2, 0.25) is 0 Å². The number of anilines is 2. The van der Waals surface area contributed by atoms with Crippen molar-refractivity contribution in [3.63, 3.8) is 0 Å². The fourth-order valence-electron chi connectivity index (χ4n) is 3.96. The summed E-state index contributed by atoms with van der Waals surface area (Å²) in [6.07, 6.45) is 0.678. The summed E-state index contributed by atoms with van der Waals surface area (Å²) in [5.41, 5.74) is 2.19. The molecule has 1 aliphatic heterocycles. The fraction of sp³-hybridized carbons (Fsp3) is 0.429. The van der Waals surface area contributed by atoms with Crippen LogP contribution in [0, 0.1) is 35.8 Å². The summed E-state index contributed by atoms with van der Waals surface area (Å²) in [7, 11) is -4.02. The number of sulfonamides is 1. The third-order valence-corrected chi connectivity index (χ3v) is 7.14. The maximum absolute atomic E-state index is 12.9. The van der Waals surface area contributed by atoms with Gasteiger partial charge in [0.15, 0.2) is 0 Å². The van der Waals surface area contributed by atoms with Crippen LogP contribution in [0.3, 0.4) is 0 Å². The molecule has 10 heteroatoms. The number of nitrogens with zero attached hydrogens (tertiary/aromatic N) is 2. The number of hydrogen-bond donors (Lipinski definition) is 3. The predicted molar refractivity (Wildman–Crippen MR) is 118 cm³/mol. The van der Waals surface area contributed by atoms with Crippen molar-refractivity contribution in [2.75, 3.05) is 35.9 Å². The molecule has 9 nitrogen and oxygen atoms in total. The molecule has 31 heavy (non-hydrogen) atoms.